The second-order valence-corrected chi connectivity index (χ2v) is 7.56. The van der Waals surface area contributed by atoms with Gasteiger partial charge in [-0.05, 0) is 17.7 Å². The summed E-state index contributed by atoms with van der Waals surface area (Å²) < 4.78 is 43.6. The van der Waals surface area contributed by atoms with Gasteiger partial charge in [0.1, 0.15) is 5.56 Å². The molecule has 2 heterocycles. The minimum atomic E-state index is -3.18. The summed E-state index contributed by atoms with van der Waals surface area (Å²) >= 11 is 1.33. The molecule has 0 aliphatic heterocycles. The van der Waals surface area contributed by atoms with Crippen LogP contribution in [0, 0.1) is 5.82 Å². The number of carbonyl (C=O) groups is 1. The lowest BCUT2D eigenvalue weighted by molar-refractivity contribution is -0.0521. The molecule has 0 bridgehead atoms. The number of hydrogen-bond donors (Lipinski definition) is 1. The van der Waals surface area contributed by atoms with Crippen molar-refractivity contribution in [1.29, 1.82) is 0 Å². The van der Waals surface area contributed by atoms with E-state index in [-0.39, 0.29) is 11.3 Å². The van der Waals surface area contributed by atoms with E-state index in [9.17, 15) is 22.8 Å². The van der Waals surface area contributed by atoms with Gasteiger partial charge in [0.2, 0.25) is 0 Å². The third kappa shape index (κ3) is 4.58. The van der Waals surface area contributed by atoms with Crippen molar-refractivity contribution in [2.24, 2.45) is 0 Å². The van der Waals surface area contributed by atoms with E-state index >= 15 is 0 Å². The van der Waals surface area contributed by atoms with Crippen molar-refractivity contribution in [2.45, 2.75) is 13.0 Å². The van der Waals surface area contributed by atoms with Crippen LogP contribution in [-0.4, -0.2) is 21.9 Å². The fourth-order valence-corrected chi connectivity index (χ4v) is 3.90. The molecule has 0 atom stereocenters. The molecule has 31 heavy (non-hydrogen) atoms. The van der Waals surface area contributed by atoms with Gasteiger partial charge < -0.3 is 10.1 Å². The highest BCUT2D eigenvalue weighted by Crippen LogP contribution is 2.23. The number of aromatic nitrogens is 2. The van der Waals surface area contributed by atoms with Gasteiger partial charge in [-0.3, -0.25) is 14.0 Å². The van der Waals surface area contributed by atoms with Crippen molar-refractivity contribution in [3.05, 3.63) is 93.1 Å². The molecule has 4 aromatic rings. The second-order valence-electron chi connectivity index (χ2n) is 6.47. The number of amides is 1. The van der Waals surface area contributed by atoms with Crippen LogP contribution in [0.4, 0.5) is 18.9 Å². The lowest BCUT2D eigenvalue weighted by atomic mass is 10.1. The maximum absolute atomic E-state index is 13.8. The highest BCUT2D eigenvalue weighted by atomic mass is 32.1. The molecule has 0 aliphatic rings. The molecule has 1 N–H and O–H groups in total. The molecule has 0 saturated heterocycles. The van der Waals surface area contributed by atoms with E-state index in [2.05, 4.69) is 15.0 Å². The van der Waals surface area contributed by atoms with Crippen LogP contribution < -0.4 is 15.6 Å². The van der Waals surface area contributed by atoms with Crippen LogP contribution in [0.3, 0.4) is 0 Å². The third-order valence-corrected chi connectivity index (χ3v) is 5.32. The average molecular weight is 445 g/mol. The summed E-state index contributed by atoms with van der Waals surface area (Å²) in [7, 11) is 0. The Labute approximate surface area is 177 Å². The molecule has 0 unspecified atom stereocenters. The molecule has 1 amide bonds. The largest absolute Gasteiger partial charge is 0.432 e. The maximum atomic E-state index is 13.8. The van der Waals surface area contributed by atoms with Crippen LogP contribution in [0.25, 0.3) is 4.96 Å². The molecular formula is C21H14F3N3O3S. The van der Waals surface area contributed by atoms with Gasteiger partial charge in [0.15, 0.2) is 16.5 Å². The zero-order chi connectivity index (χ0) is 22.0. The quantitative estimate of drug-likeness (QED) is 0.479. The highest BCUT2D eigenvalue weighted by molar-refractivity contribution is 7.17. The molecule has 10 heteroatoms. The number of rotatable bonds is 6. The number of halogens is 3. The molecule has 4 rings (SSSR count). The van der Waals surface area contributed by atoms with Gasteiger partial charge in [0.25, 0.3) is 11.5 Å². The zero-order valence-corrected chi connectivity index (χ0v) is 16.5. The van der Waals surface area contributed by atoms with Crippen LogP contribution in [0.2, 0.25) is 0 Å². The van der Waals surface area contributed by atoms with Crippen LogP contribution >= 0.6 is 11.3 Å². The minimum Gasteiger partial charge on any atom is -0.432 e. The molecule has 0 aliphatic carbocycles. The molecule has 2 aromatic carbocycles. The number of nitrogens with one attached hydrogen (secondary N) is 1. The lowest BCUT2D eigenvalue weighted by Crippen LogP contribution is -2.25. The van der Waals surface area contributed by atoms with Gasteiger partial charge in [0, 0.05) is 35.4 Å². The zero-order valence-electron chi connectivity index (χ0n) is 15.7. The molecule has 0 fully saturated rings. The van der Waals surface area contributed by atoms with Crippen molar-refractivity contribution in [3.63, 3.8) is 0 Å². The normalized spacial score (nSPS) is 11.1. The van der Waals surface area contributed by atoms with E-state index in [1.165, 1.54) is 21.8 Å². The summed E-state index contributed by atoms with van der Waals surface area (Å²) in [6, 6.07) is 12.7. The average Bonchev–Trinajstić information content (AvgIpc) is 3.14. The Hall–Kier alpha value is -3.66. The minimum absolute atomic E-state index is 0.0244. The standard InChI is InChI=1S/C21H14F3N3O3S/c22-16-9-13(6-7-17(16)30-20(23)24)26-18(28)15-10-25-21-27(19(15)29)11-14(31-21)8-12-4-2-1-3-5-12/h1-7,9-11,20H,8H2,(H,26,28). The van der Waals surface area contributed by atoms with Crippen molar-refractivity contribution < 1.29 is 22.7 Å². The summed E-state index contributed by atoms with van der Waals surface area (Å²) in [4.78, 5) is 30.8. The Morgan fingerprint density at radius 2 is 1.97 bits per heavy atom. The third-order valence-electron chi connectivity index (χ3n) is 4.33. The highest BCUT2D eigenvalue weighted by Gasteiger charge is 2.17. The summed E-state index contributed by atoms with van der Waals surface area (Å²) in [6.45, 7) is -3.18. The van der Waals surface area contributed by atoms with E-state index in [1.54, 1.807) is 6.20 Å². The van der Waals surface area contributed by atoms with E-state index in [4.69, 9.17) is 0 Å². The summed E-state index contributed by atoms with van der Waals surface area (Å²) in [5, 5.41) is 2.36. The Morgan fingerprint density at radius 1 is 1.19 bits per heavy atom. The van der Waals surface area contributed by atoms with Gasteiger partial charge in [0.05, 0.1) is 0 Å². The summed E-state index contributed by atoms with van der Waals surface area (Å²) in [5.74, 6) is -2.53. The monoisotopic (exact) mass is 445 g/mol. The molecule has 158 valence electrons. The van der Waals surface area contributed by atoms with Crippen LogP contribution in [0.5, 0.6) is 5.75 Å². The first kappa shape index (κ1) is 20.6. The van der Waals surface area contributed by atoms with E-state index in [1.807, 2.05) is 30.3 Å². The Kier molecular flexibility index (Phi) is 5.72. The van der Waals surface area contributed by atoms with Gasteiger partial charge in [-0.2, -0.15) is 8.78 Å². The number of alkyl halides is 2. The number of fused-ring (bicyclic) bond motifs is 1. The smallest absolute Gasteiger partial charge is 0.387 e. The van der Waals surface area contributed by atoms with Crippen molar-refractivity contribution in [3.8, 4) is 5.75 Å². The molecule has 0 spiro atoms. The Balaban J connectivity index is 1.56. The maximum Gasteiger partial charge on any atom is 0.387 e. The topological polar surface area (TPSA) is 72.7 Å². The van der Waals surface area contributed by atoms with E-state index < -0.39 is 29.6 Å². The van der Waals surface area contributed by atoms with Crippen molar-refractivity contribution in [1.82, 2.24) is 9.38 Å². The fourth-order valence-electron chi connectivity index (χ4n) is 2.93. The summed E-state index contributed by atoms with van der Waals surface area (Å²) in [6.07, 6.45) is 3.40. The number of benzene rings is 2. The second kappa shape index (κ2) is 8.60. The number of anilines is 1. The SMILES string of the molecule is O=C(Nc1ccc(OC(F)F)c(F)c1)c1cnc2sc(Cc3ccccc3)cn2c1=O. The Morgan fingerprint density at radius 3 is 2.68 bits per heavy atom. The predicted octanol–water partition coefficient (Wildman–Crippen LogP) is 4.34. The lowest BCUT2D eigenvalue weighted by Gasteiger charge is -2.08. The fraction of sp³-hybridized carbons (Fsp3) is 0.0952. The van der Waals surface area contributed by atoms with E-state index in [0.717, 1.165) is 28.8 Å². The number of ether oxygens (including phenoxy) is 1. The predicted molar refractivity (Wildman–Crippen MR) is 110 cm³/mol. The first-order valence-corrected chi connectivity index (χ1v) is 9.82. The van der Waals surface area contributed by atoms with Gasteiger partial charge in [-0.25, -0.2) is 9.37 Å². The first-order valence-electron chi connectivity index (χ1n) is 9.00. The van der Waals surface area contributed by atoms with Crippen LogP contribution in [0.1, 0.15) is 20.8 Å². The Bertz CT molecular complexity index is 1310. The van der Waals surface area contributed by atoms with Gasteiger partial charge >= 0.3 is 6.61 Å². The van der Waals surface area contributed by atoms with Crippen LogP contribution in [0.15, 0.2) is 65.7 Å². The number of nitrogens with zero attached hydrogens (tertiary/aromatic N) is 2. The number of thiazole rings is 1. The van der Waals surface area contributed by atoms with E-state index in [0.29, 0.717) is 11.4 Å². The summed E-state index contributed by atoms with van der Waals surface area (Å²) in [5.41, 5.74) is 0.233. The van der Waals surface area contributed by atoms with Crippen molar-refractivity contribution in [2.75, 3.05) is 5.32 Å². The van der Waals surface area contributed by atoms with Crippen LogP contribution in [-0.2, 0) is 6.42 Å². The van der Waals surface area contributed by atoms with Gasteiger partial charge in [-0.15, -0.1) is 11.3 Å². The number of hydrogen-bond acceptors (Lipinski definition) is 5. The molecule has 6 nitrogen and oxygen atoms in total. The molecule has 0 radical (unpaired) electrons. The van der Waals surface area contributed by atoms with Crippen molar-refractivity contribution >= 4 is 27.9 Å². The molecule has 0 saturated carbocycles. The van der Waals surface area contributed by atoms with Gasteiger partial charge in [-0.1, -0.05) is 30.3 Å². The molecular weight excluding hydrogens is 431 g/mol. The molecule has 2 aromatic heterocycles. The number of carbonyl (C=O) groups excluding carboxylic acids is 1. The first-order chi connectivity index (χ1) is 14.9.